The van der Waals surface area contributed by atoms with Gasteiger partial charge in [-0.3, -0.25) is 9.48 Å². The number of aromatic nitrogens is 2. The summed E-state index contributed by atoms with van der Waals surface area (Å²) < 4.78 is 7.59. The standard InChI is InChI=1S/C36H44N6O2/c1-24-18-30(14-17-35(24)44-2)26-8-6-25(7-9-26)22-41(36(43)28-12-10-27(11-13-28)34-21-37-40-39-34)33-5-3-4-29(19-33)31-20-38-42(23-31)32-15-16-32/h3-5,14,17-20,23,25-28,32H,6-13,15-16,21-22H2,1-2H3. The molecule has 0 N–H and O–H groups in total. The molecule has 8 nitrogen and oxygen atoms in total. The lowest BCUT2D eigenvalue weighted by molar-refractivity contribution is -0.123. The Hall–Kier alpha value is -3.81. The fourth-order valence-corrected chi connectivity index (χ4v) is 7.62. The number of nitrogens with zero attached hydrogens (tertiary/aromatic N) is 6. The van der Waals surface area contributed by atoms with Gasteiger partial charge in [-0.15, -0.1) is 5.10 Å². The van der Waals surface area contributed by atoms with Gasteiger partial charge in [0.2, 0.25) is 5.91 Å². The van der Waals surface area contributed by atoms with Crippen LogP contribution in [0.25, 0.3) is 11.1 Å². The van der Waals surface area contributed by atoms with E-state index >= 15 is 0 Å². The molecule has 0 bridgehead atoms. The lowest BCUT2D eigenvalue weighted by Crippen LogP contribution is -2.42. The Kier molecular flexibility index (Phi) is 8.33. The van der Waals surface area contributed by atoms with Crippen LogP contribution in [0, 0.1) is 24.7 Å². The first kappa shape index (κ1) is 28.9. The Morgan fingerprint density at radius 2 is 1.73 bits per heavy atom. The SMILES string of the molecule is COc1ccc(C2CCC(CN(C(=O)C3CCC(C4=NN=NC4)CC3)c3cccc(-c4cnn(C5CC5)c4)c3)CC2)cc1C. The fraction of sp³-hybridized carbons (Fsp3) is 0.528. The first-order chi connectivity index (χ1) is 21.6. The van der Waals surface area contributed by atoms with Crippen LogP contribution in [0.2, 0.25) is 0 Å². The number of carbonyl (C=O) groups excluding carboxylic acids is 1. The number of benzene rings is 2. The van der Waals surface area contributed by atoms with E-state index in [9.17, 15) is 4.79 Å². The zero-order valence-electron chi connectivity index (χ0n) is 26.1. The molecule has 3 fully saturated rings. The summed E-state index contributed by atoms with van der Waals surface area (Å²) in [6.07, 6.45) is 14.9. The van der Waals surface area contributed by atoms with Gasteiger partial charge in [-0.2, -0.15) is 10.2 Å². The van der Waals surface area contributed by atoms with Crippen molar-refractivity contribution in [3.05, 3.63) is 66.0 Å². The summed E-state index contributed by atoms with van der Waals surface area (Å²) in [4.78, 5) is 16.5. The summed E-state index contributed by atoms with van der Waals surface area (Å²) in [6, 6.07) is 15.8. The number of hydrogen-bond acceptors (Lipinski definition) is 6. The number of amides is 1. The number of hydrogen-bond donors (Lipinski definition) is 0. The largest absolute Gasteiger partial charge is 0.496 e. The molecule has 1 aliphatic heterocycles. The van der Waals surface area contributed by atoms with Crippen LogP contribution in [-0.2, 0) is 4.79 Å². The van der Waals surface area contributed by atoms with Gasteiger partial charge in [0.15, 0.2) is 0 Å². The normalized spacial score (nSPS) is 25.1. The van der Waals surface area contributed by atoms with Crippen molar-refractivity contribution < 1.29 is 9.53 Å². The number of carbonyl (C=O) groups is 1. The third-order valence-electron chi connectivity index (χ3n) is 10.5. The minimum absolute atomic E-state index is 0.0435. The van der Waals surface area contributed by atoms with Crippen LogP contribution in [0.15, 0.2) is 70.3 Å². The van der Waals surface area contributed by atoms with E-state index in [0.29, 0.717) is 30.3 Å². The Morgan fingerprint density at radius 3 is 2.43 bits per heavy atom. The maximum atomic E-state index is 14.4. The molecule has 0 atom stereocenters. The van der Waals surface area contributed by atoms with Crippen molar-refractivity contribution in [1.29, 1.82) is 0 Å². The van der Waals surface area contributed by atoms with E-state index in [1.807, 2.05) is 6.20 Å². The smallest absolute Gasteiger partial charge is 0.230 e. The van der Waals surface area contributed by atoms with E-state index in [4.69, 9.17) is 4.74 Å². The van der Waals surface area contributed by atoms with Crippen molar-refractivity contribution in [2.45, 2.75) is 83.1 Å². The number of aryl methyl sites for hydroxylation is 1. The second-order valence-electron chi connectivity index (χ2n) is 13.4. The quantitative estimate of drug-likeness (QED) is 0.251. The predicted molar refractivity (Wildman–Crippen MR) is 173 cm³/mol. The van der Waals surface area contributed by atoms with E-state index in [0.717, 1.165) is 86.2 Å². The molecule has 4 aliphatic rings. The number of anilines is 1. The van der Waals surface area contributed by atoms with Gasteiger partial charge in [-0.25, -0.2) is 0 Å². The number of rotatable bonds is 9. The van der Waals surface area contributed by atoms with E-state index in [2.05, 4.69) is 85.7 Å². The Balaban J connectivity index is 1.07. The maximum Gasteiger partial charge on any atom is 0.230 e. The van der Waals surface area contributed by atoms with Crippen LogP contribution in [0.5, 0.6) is 5.75 Å². The third-order valence-corrected chi connectivity index (χ3v) is 10.5. The fourth-order valence-electron chi connectivity index (χ4n) is 7.62. The van der Waals surface area contributed by atoms with Gasteiger partial charge in [0.05, 0.1) is 25.1 Å². The molecular weight excluding hydrogens is 548 g/mol. The highest BCUT2D eigenvalue weighted by Gasteiger charge is 2.34. The van der Waals surface area contributed by atoms with Crippen molar-refractivity contribution in [3.8, 4) is 16.9 Å². The van der Waals surface area contributed by atoms with E-state index < -0.39 is 0 Å². The number of methoxy groups -OCH3 is 1. The third kappa shape index (κ3) is 6.21. The van der Waals surface area contributed by atoms with Gasteiger partial charge in [0, 0.05) is 35.8 Å². The van der Waals surface area contributed by atoms with E-state index in [1.165, 1.54) is 24.0 Å². The van der Waals surface area contributed by atoms with Crippen LogP contribution in [0.3, 0.4) is 0 Å². The molecule has 230 valence electrons. The monoisotopic (exact) mass is 592 g/mol. The average Bonchev–Trinajstić information content (AvgIpc) is 3.53. The molecule has 1 aromatic heterocycles. The van der Waals surface area contributed by atoms with Crippen molar-refractivity contribution >= 4 is 17.3 Å². The molecule has 0 saturated heterocycles. The van der Waals surface area contributed by atoms with Crippen molar-refractivity contribution in [3.63, 3.8) is 0 Å². The van der Waals surface area contributed by atoms with Crippen molar-refractivity contribution in [2.24, 2.45) is 33.2 Å². The molecule has 3 aliphatic carbocycles. The Labute approximate surface area is 260 Å². The Bertz CT molecular complexity index is 1540. The lowest BCUT2D eigenvalue weighted by Gasteiger charge is -2.36. The van der Waals surface area contributed by atoms with Gasteiger partial charge >= 0.3 is 0 Å². The molecule has 3 saturated carbocycles. The summed E-state index contributed by atoms with van der Waals surface area (Å²) in [7, 11) is 1.74. The highest BCUT2D eigenvalue weighted by molar-refractivity contribution is 5.96. The van der Waals surface area contributed by atoms with Crippen molar-refractivity contribution in [2.75, 3.05) is 25.1 Å². The van der Waals surface area contributed by atoms with Crippen LogP contribution < -0.4 is 9.64 Å². The molecule has 0 spiro atoms. The first-order valence-corrected chi connectivity index (χ1v) is 16.6. The molecule has 0 radical (unpaired) electrons. The predicted octanol–water partition coefficient (Wildman–Crippen LogP) is 8.14. The summed E-state index contributed by atoms with van der Waals surface area (Å²) in [5.74, 6) is 2.74. The summed E-state index contributed by atoms with van der Waals surface area (Å²) in [5.41, 5.74) is 6.97. The average molecular weight is 593 g/mol. The minimum Gasteiger partial charge on any atom is -0.496 e. The molecule has 2 aromatic carbocycles. The number of ether oxygens (including phenoxy) is 1. The van der Waals surface area contributed by atoms with Gasteiger partial charge in [-0.1, -0.05) is 24.3 Å². The van der Waals surface area contributed by atoms with Crippen LogP contribution in [0.4, 0.5) is 5.69 Å². The molecule has 3 aromatic rings. The van der Waals surface area contributed by atoms with E-state index in [1.54, 1.807) is 7.11 Å². The van der Waals surface area contributed by atoms with Gasteiger partial charge in [0.25, 0.3) is 0 Å². The Morgan fingerprint density at radius 1 is 0.932 bits per heavy atom. The van der Waals surface area contributed by atoms with Crippen LogP contribution in [-0.4, -0.2) is 41.6 Å². The maximum absolute atomic E-state index is 14.4. The summed E-state index contributed by atoms with van der Waals surface area (Å²) >= 11 is 0. The summed E-state index contributed by atoms with van der Waals surface area (Å²) in [5, 5.41) is 16.8. The molecule has 1 amide bonds. The van der Waals surface area contributed by atoms with Crippen molar-refractivity contribution in [1.82, 2.24) is 9.78 Å². The second-order valence-corrected chi connectivity index (χ2v) is 13.4. The highest BCUT2D eigenvalue weighted by atomic mass is 16.5. The highest BCUT2D eigenvalue weighted by Crippen LogP contribution is 2.40. The lowest BCUT2D eigenvalue weighted by atomic mass is 9.77. The van der Waals surface area contributed by atoms with Crippen LogP contribution >= 0.6 is 0 Å². The molecule has 8 heteroatoms. The zero-order valence-corrected chi connectivity index (χ0v) is 26.1. The first-order valence-electron chi connectivity index (χ1n) is 16.6. The molecule has 0 unspecified atom stereocenters. The molecule has 44 heavy (non-hydrogen) atoms. The molecular formula is C36H44N6O2. The van der Waals surface area contributed by atoms with Gasteiger partial charge in [-0.05, 0) is 123 Å². The van der Waals surface area contributed by atoms with Crippen LogP contribution in [0.1, 0.15) is 87.3 Å². The zero-order chi connectivity index (χ0) is 30.0. The topological polar surface area (TPSA) is 84.4 Å². The van der Waals surface area contributed by atoms with Gasteiger partial charge < -0.3 is 9.64 Å². The van der Waals surface area contributed by atoms with E-state index in [-0.39, 0.29) is 11.8 Å². The second kappa shape index (κ2) is 12.7. The minimum atomic E-state index is 0.0435. The molecule has 2 heterocycles. The summed E-state index contributed by atoms with van der Waals surface area (Å²) in [6.45, 7) is 3.53. The molecule has 7 rings (SSSR count). The van der Waals surface area contributed by atoms with Gasteiger partial charge in [0.1, 0.15) is 12.3 Å².